The topological polar surface area (TPSA) is 27.7 Å². The predicted molar refractivity (Wildman–Crippen MR) is 74.9 cm³/mol. The average molecular weight is 330 g/mol. The Morgan fingerprint density at radius 1 is 0.739 bits per heavy atom. The number of hydrogen-bond donors (Lipinski definition) is 0. The van der Waals surface area contributed by atoms with Gasteiger partial charge in [0.2, 0.25) is 11.6 Å². The van der Waals surface area contributed by atoms with Gasteiger partial charge in [-0.1, -0.05) is 0 Å². The highest BCUT2D eigenvalue weighted by atomic mass is 19.2. The zero-order valence-corrected chi connectivity index (χ0v) is 12.2. The first kappa shape index (κ1) is 16.9. The minimum absolute atomic E-state index is 0.0645. The van der Waals surface area contributed by atoms with E-state index in [-0.39, 0.29) is 19.3 Å². The van der Waals surface area contributed by atoms with Gasteiger partial charge in [0, 0.05) is 6.07 Å². The van der Waals surface area contributed by atoms with Crippen molar-refractivity contribution in [3.05, 3.63) is 53.6 Å². The maximum atomic E-state index is 13.3. The summed E-state index contributed by atoms with van der Waals surface area (Å²) >= 11 is 0. The Labute approximate surface area is 130 Å². The van der Waals surface area contributed by atoms with E-state index in [1.807, 2.05) is 6.92 Å². The minimum atomic E-state index is -1.58. The van der Waals surface area contributed by atoms with E-state index in [2.05, 4.69) is 0 Å². The van der Waals surface area contributed by atoms with Gasteiger partial charge in [-0.3, -0.25) is 0 Å². The smallest absolute Gasteiger partial charge is 0.203 e. The van der Waals surface area contributed by atoms with E-state index < -0.39 is 29.0 Å². The van der Waals surface area contributed by atoms with Crippen LogP contribution in [0, 0.1) is 23.3 Å². The second-order valence-electron chi connectivity index (χ2n) is 4.40. The molecule has 0 fully saturated rings. The Kier molecular flexibility index (Phi) is 5.67. The third kappa shape index (κ3) is 4.28. The van der Waals surface area contributed by atoms with E-state index in [9.17, 15) is 17.6 Å². The van der Waals surface area contributed by atoms with E-state index in [1.54, 1.807) is 24.3 Å². The Balaban J connectivity index is 1.88. The fourth-order valence-electron chi connectivity index (χ4n) is 1.78. The largest absolute Gasteiger partial charge is 0.494 e. The van der Waals surface area contributed by atoms with Gasteiger partial charge in [0.25, 0.3) is 0 Å². The fourth-order valence-corrected chi connectivity index (χ4v) is 1.78. The van der Waals surface area contributed by atoms with Crippen molar-refractivity contribution in [3.63, 3.8) is 0 Å². The lowest BCUT2D eigenvalue weighted by Crippen LogP contribution is -2.12. The molecule has 0 spiro atoms. The highest BCUT2D eigenvalue weighted by Gasteiger charge is 2.20. The van der Waals surface area contributed by atoms with Crippen LogP contribution in [0.25, 0.3) is 0 Å². The van der Waals surface area contributed by atoms with Gasteiger partial charge in [0.15, 0.2) is 17.4 Å². The van der Waals surface area contributed by atoms with Crippen LogP contribution in [0.15, 0.2) is 30.3 Å². The molecule has 7 heteroatoms. The van der Waals surface area contributed by atoms with Crippen molar-refractivity contribution in [2.75, 3.05) is 19.8 Å². The third-order valence-electron chi connectivity index (χ3n) is 2.80. The average Bonchev–Trinajstić information content (AvgIpc) is 2.54. The molecule has 0 unspecified atom stereocenters. The number of benzene rings is 2. The molecule has 0 bridgehead atoms. The second kappa shape index (κ2) is 7.71. The summed E-state index contributed by atoms with van der Waals surface area (Å²) in [6, 6.07) is 6.80. The third-order valence-corrected chi connectivity index (χ3v) is 2.80. The van der Waals surface area contributed by atoms with Gasteiger partial charge in [-0.25, -0.2) is 8.78 Å². The lowest BCUT2D eigenvalue weighted by Gasteiger charge is -2.11. The molecule has 0 amide bonds. The molecule has 0 saturated carbocycles. The molecule has 0 aliphatic heterocycles. The van der Waals surface area contributed by atoms with E-state index in [0.717, 1.165) is 0 Å². The van der Waals surface area contributed by atoms with E-state index in [4.69, 9.17) is 14.2 Å². The molecule has 2 aromatic carbocycles. The Morgan fingerprint density at radius 3 is 1.74 bits per heavy atom. The van der Waals surface area contributed by atoms with E-state index >= 15 is 0 Å². The molecule has 0 aliphatic carbocycles. The molecule has 0 aliphatic rings. The molecule has 0 heterocycles. The van der Waals surface area contributed by atoms with Gasteiger partial charge in [-0.15, -0.1) is 0 Å². The first-order chi connectivity index (χ1) is 11.0. The summed E-state index contributed by atoms with van der Waals surface area (Å²) in [7, 11) is 0. The normalized spacial score (nSPS) is 10.5. The van der Waals surface area contributed by atoms with Crippen LogP contribution in [-0.4, -0.2) is 19.8 Å². The van der Waals surface area contributed by atoms with Gasteiger partial charge < -0.3 is 14.2 Å². The molecule has 0 N–H and O–H groups in total. The zero-order chi connectivity index (χ0) is 16.8. The SMILES string of the molecule is CCOc1ccc(OCCOc2c(F)c(F)cc(F)c2F)cc1. The first-order valence-corrected chi connectivity index (χ1v) is 6.84. The maximum Gasteiger partial charge on any atom is 0.203 e. The molecule has 2 rings (SSSR count). The second-order valence-corrected chi connectivity index (χ2v) is 4.40. The molecular formula is C16H14F4O3. The van der Waals surface area contributed by atoms with Crippen LogP contribution in [0.5, 0.6) is 17.2 Å². The standard InChI is InChI=1S/C16H14F4O3/c1-2-21-10-3-5-11(6-4-10)22-7-8-23-16-14(19)12(17)9-13(18)15(16)20/h3-6,9H,2,7-8H2,1H3. The van der Waals surface area contributed by atoms with Crippen molar-refractivity contribution in [1.29, 1.82) is 0 Å². The van der Waals surface area contributed by atoms with Crippen LogP contribution in [0.3, 0.4) is 0 Å². The van der Waals surface area contributed by atoms with Gasteiger partial charge >= 0.3 is 0 Å². The van der Waals surface area contributed by atoms with Crippen LogP contribution < -0.4 is 14.2 Å². The zero-order valence-electron chi connectivity index (χ0n) is 12.2. The van der Waals surface area contributed by atoms with Crippen molar-refractivity contribution in [3.8, 4) is 17.2 Å². The van der Waals surface area contributed by atoms with Crippen LogP contribution in [0.2, 0.25) is 0 Å². The van der Waals surface area contributed by atoms with Crippen molar-refractivity contribution in [1.82, 2.24) is 0 Å². The van der Waals surface area contributed by atoms with Gasteiger partial charge in [-0.2, -0.15) is 8.78 Å². The summed E-state index contributed by atoms with van der Waals surface area (Å²) in [4.78, 5) is 0. The molecule has 23 heavy (non-hydrogen) atoms. The van der Waals surface area contributed by atoms with Gasteiger partial charge in [0.1, 0.15) is 24.7 Å². The minimum Gasteiger partial charge on any atom is -0.494 e. The Morgan fingerprint density at radius 2 is 1.22 bits per heavy atom. The molecule has 3 nitrogen and oxygen atoms in total. The van der Waals surface area contributed by atoms with Crippen molar-refractivity contribution in [2.24, 2.45) is 0 Å². The maximum absolute atomic E-state index is 13.3. The van der Waals surface area contributed by atoms with Crippen LogP contribution >= 0.6 is 0 Å². The van der Waals surface area contributed by atoms with Crippen molar-refractivity contribution in [2.45, 2.75) is 6.92 Å². The molecule has 2 aromatic rings. The van der Waals surface area contributed by atoms with Crippen LogP contribution in [-0.2, 0) is 0 Å². The lowest BCUT2D eigenvalue weighted by atomic mass is 10.3. The molecule has 0 saturated heterocycles. The number of rotatable bonds is 7. The summed E-state index contributed by atoms with van der Waals surface area (Å²) in [6.07, 6.45) is 0. The Bertz CT molecular complexity index is 633. The summed E-state index contributed by atoms with van der Waals surface area (Å²) in [5.41, 5.74) is 0. The van der Waals surface area contributed by atoms with Gasteiger partial charge in [0.05, 0.1) is 6.61 Å². The number of ether oxygens (including phenoxy) is 3. The summed E-state index contributed by atoms with van der Waals surface area (Å²) in [5.74, 6) is -6.13. The highest BCUT2D eigenvalue weighted by Crippen LogP contribution is 2.26. The summed E-state index contributed by atoms with van der Waals surface area (Å²) in [6.45, 7) is 2.04. The first-order valence-electron chi connectivity index (χ1n) is 6.84. The van der Waals surface area contributed by atoms with Crippen molar-refractivity contribution < 1.29 is 31.8 Å². The van der Waals surface area contributed by atoms with Crippen LogP contribution in [0.1, 0.15) is 6.92 Å². The molecule has 0 aromatic heterocycles. The molecule has 0 atom stereocenters. The summed E-state index contributed by atoms with van der Waals surface area (Å²) in [5, 5.41) is 0. The number of halogens is 4. The molecular weight excluding hydrogens is 316 g/mol. The monoisotopic (exact) mass is 330 g/mol. The van der Waals surface area contributed by atoms with Crippen molar-refractivity contribution >= 4 is 0 Å². The van der Waals surface area contributed by atoms with E-state index in [1.165, 1.54) is 0 Å². The molecule has 124 valence electrons. The Hall–Kier alpha value is -2.44. The lowest BCUT2D eigenvalue weighted by molar-refractivity contribution is 0.200. The van der Waals surface area contributed by atoms with Crippen LogP contribution in [0.4, 0.5) is 17.6 Å². The van der Waals surface area contributed by atoms with E-state index in [0.29, 0.717) is 18.1 Å². The molecule has 0 radical (unpaired) electrons. The quantitative estimate of drug-likeness (QED) is 0.435. The predicted octanol–water partition coefficient (Wildman–Crippen LogP) is 4.10. The van der Waals surface area contributed by atoms with Gasteiger partial charge in [-0.05, 0) is 31.2 Å². The number of hydrogen-bond acceptors (Lipinski definition) is 3. The highest BCUT2D eigenvalue weighted by molar-refractivity contribution is 5.31. The summed E-state index contributed by atoms with van der Waals surface area (Å²) < 4.78 is 68.0. The fraction of sp³-hybridized carbons (Fsp3) is 0.250.